The van der Waals surface area contributed by atoms with E-state index >= 15 is 0 Å². The van der Waals surface area contributed by atoms with Crippen LogP contribution in [-0.2, 0) is 0 Å². The molecular weight excluding hydrogens is 238 g/mol. The summed E-state index contributed by atoms with van der Waals surface area (Å²) in [5.74, 6) is 1.23. The van der Waals surface area contributed by atoms with Gasteiger partial charge in [0, 0.05) is 6.20 Å². The van der Waals surface area contributed by atoms with E-state index in [1.165, 1.54) is 11.3 Å². The minimum Gasteiger partial charge on any atom is -0.495 e. The number of thiophene rings is 1. The van der Waals surface area contributed by atoms with Crippen molar-refractivity contribution in [3.63, 3.8) is 0 Å². The quantitative estimate of drug-likeness (QED) is 0.905. The van der Waals surface area contributed by atoms with Gasteiger partial charge in [0.2, 0.25) is 0 Å². The maximum absolute atomic E-state index is 10.3. The van der Waals surface area contributed by atoms with Crippen molar-refractivity contribution in [1.82, 2.24) is 4.98 Å². The van der Waals surface area contributed by atoms with Crippen molar-refractivity contribution in [3.05, 3.63) is 40.3 Å². The first-order valence-electron chi connectivity index (χ1n) is 5.06. The molecule has 0 aromatic carbocycles. The molecule has 2 heterocycles. The Hall–Kier alpha value is -1.59. The molecule has 2 rings (SSSR count). The van der Waals surface area contributed by atoms with E-state index in [1.807, 2.05) is 11.4 Å². The predicted molar refractivity (Wildman–Crippen MR) is 65.7 cm³/mol. The molecule has 0 spiro atoms. The van der Waals surface area contributed by atoms with Gasteiger partial charge in [-0.2, -0.15) is 0 Å². The molecule has 4 nitrogen and oxygen atoms in total. The molecule has 17 heavy (non-hydrogen) atoms. The number of aliphatic hydroxyl groups excluding tert-OH is 1. The maximum Gasteiger partial charge on any atom is 0.143 e. The Kier molecular flexibility index (Phi) is 3.61. The molecule has 90 valence electrons. The number of nitrogens with zero attached hydrogens (tertiary/aromatic N) is 1. The summed E-state index contributed by atoms with van der Waals surface area (Å²) in [7, 11) is 3.13. The smallest absolute Gasteiger partial charge is 0.143 e. The van der Waals surface area contributed by atoms with Crippen molar-refractivity contribution in [1.29, 1.82) is 0 Å². The lowest BCUT2D eigenvalue weighted by Gasteiger charge is -2.13. The third kappa shape index (κ3) is 2.25. The van der Waals surface area contributed by atoms with Crippen LogP contribution in [0.15, 0.2) is 29.8 Å². The van der Waals surface area contributed by atoms with Crippen LogP contribution in [0.3, 0.4) is 0 Å². The maximum atomic E-state index is 10.3. The number of aromatic nitrogens is 1. The summed E-state index contributed by atoms with van der Waals surface area (Å²) < 4.78 is 10.4. The zero-order valence-electron chi connectivity index (χ0n) is 9.58. The van der Waals surface area contributed by atoms with Crippen LogP contribution in [0.2, 0.25) is 0 Å². The van der Waals surface area contributed by atoms with Crippen molar-refractivity contribution in [2.45, 2.75) is 6.10 Å². The molecule has 2 aromatic rings. The number of rotatable bonds is 4. The Morgan fingerprint density at radius 1 is 1.24 bits per heavy atom. The molecule has 0 saturated carbocycles. The molecular formula is C12H13NO3S. The summed E-state index contributed by atoms with van der Waals surface area (Å²) in [5, 5.41) is 12.2. The molecule has 0 fully saturated rings. The normalized spacial score (nSPS) is 12.2. The van der Waals surface area contributed by atoms with Gasteiger partial charge in [0.1, 0.15) is 23.3 Å². The summed E-state index contributed by atoms with van der Waals surface area (Å²) in [4.78, 5) is 4.88. The third-order valence-electron chi connectivity index (χ3n) is 2.40. The van der Waals surface area contributed by atoms with Crippen molar-refractivity contribution >= 4 is 11.3 Å². The number of hydrogen-bond acceptors (Lipinski definition) is 5. The second kappa shape index (κ2) is 5.16. The van der Waals surface area contributed by atoms with Gasteiger partial charge in [-0.3, -0.25) is 4.98 Å². The highest BCUT2D eigenvalue weighted by atomic mass is 32.1. The average molecular weight is 251 g/mol. The second-order valence-electron chi connectivity index (χ2n) is 3.35. The zero-order chi connectivity index (χ0) is 12.3. The van der Waals surface area contributed by atoms with Gasteiger partial charge in [0.25, 0.3) is 0 Å². The van der Waals surface area contributed by atoms with Gasteiger partial charge in [-0.25, -0.2) is 0 Å². The highest BCUT2D eigenvalue weighted by Gasteiger charge is 2.21. The highest BCUT2D eigenvalue weighted by molar-refractivity contribution is 7.10. The van der Waals surface area contributed by atoms with Gasteiger partial charge in [0.15, 0.2) is 0 Å². The summed E-state index contributed by atoms with van der Waals surface area (Å²) in [6, 6.07) is 5.35. The Bertz CT molecular complexity index is 498. The topological polar surface area (TPSA) is 51.6 Å². The molecule has 0 aliphatic carbocycles. The SMILES string of the molecule is COc1cccnc1C(O)c1sccc1OC. The van der Waals surface area contributed by atoms with Gasteiger partial charge in [-0.15, -0.1) is 11.3 Å². The van der Waals surface area contributed by atoms with Crippen LogP contribution in [0.4, 0.5) is 0 Å². The van der Waals surface area contributed by atoms with Crippen LogP contribution in [0.5, 0.6) is 11.5 Å². The summed E-state index contributed by atoms with van der Waals surface area (Å²) >= 11 is 1.43. The van der Waals surface area contributed by atoms with E-state index in [4.69, 9.17) is 9.47 Å². The first-order valence-corrected chi connectivity index (χ1v) is 5.94. The summed E-state index contributed by atoms with van der Waals surface area (Å²) in [5.41, 5.74) is 0.496. The third-order valence-corrected chi connectivity index (χ3v) is 3.35. The van der Waals surface area contributed by atoms with Crippen LogP contribution in [-0.4, -0.2) is 24.3 Å². The standard InChI is InChI=1S/C12H13NO3S/c1-15-8-4-3-6-13-10(8)11(14)12-9(16-2)5-7-17-12/h3-7,11,14H,1-2H3. The lowest BCUT2D eigenvalue weighted by molar-refractivity contribution is 0.208. The van der Waals surface area contributed by atoms with Crippen LogP contribution >= 0.6 is 11.3 Å². The molecule has 5 heteroatoms. The highest BCUT2D eigenvalue weighted by Crippen LogP contribution is 2.36. The molecule has 2 aromatic heterocycles. The Balaban J connectivity index is 2.40. The van der Waals surface area contributed by atoms with Crippen molar-refractivity contribution < 1.29 is 14.6 Å². The lowest BCUT2D eigenvalue weighted by Crippen LogP contribution is -2.04. The van der Waals surface area contributed by atoms with E-state index in [2.05, 4.69) is 4.98 Å². The van der Waals surface area contributed by atoms with Crippen LogP contribution in [0.25, 0.3) is 0 Å². The minimum atomic E-state index is -0.832. The molecule has 0 amide bonds. The average Bonchev–Trinajstić information content (AvgIpc) is 2.86. The fraction of sp³-hybridized carbons (Fsp3) is 0.250. The number of methoxy groups -OCH3 is 2. The Morgan fingerprint density at radius 2 is 2.00 bits per heavy atom. The van der Waals surface area contributed by atoms with Crippen molar-refractivity contribution in [2.24, 2.45) is 0 Å². The first kappa shape index (κ1) is 11.9. The molecule has 0 radical (unpaired) electrons. The lowest BCUT2D eigenvalue weighted by atomic mass is 10.1. The molecule has 0 bridgehead atoms. The van der Waals surface area contributed by atoms with Crippen molar-refractivity contribution in [3.8, 4) is 11.5 Å². The largest absolute Gasteiger partial charge is 0.495 e. The van der Waals surface area contributed by atoms with E-state index in [0.29, 0.717) is 17.2 Å². The number of pyridine rings is 1. The van der Waals surface area contributed by atoms with Crippen LogP contribution in [0, 0.1) is 0 Å². The molecule has 0 aliphatic rings. The van der Waals surface area contributed by atoms with Crippen LogP contribution in [0.1, 0.15) is 16.7 Å². The number of hydrogen-bond donors (Lipinski definition) is 1. The van der Waals surface area contributed by atoms with Crippen molar-refractivity contribution in [2.75, 3.05) is 14.2 Å². The minimum absolute atomic E-state index is 0.496. The van der Waals surface area contributed by atoms with Gasteiger partial charge >= 0.3 is 0 Å². The fourth-order valence-corrected chi connectivity index (χ4v) is 2.43. The summed E-state index contributed by atoms with van der Waals surface area (Å²) in [6.07, 6.45) is 0.794. The van der Waals surface area contributed by atoms with Gasteiger partial charge in [-0.05, 0) is 23.6 Å². The molecule has 0 saturated heterocycles. The molecule has 1 atom stereocenters. The van der Waals surface area contributed by atoms with Crippen LogP contribution < -0.4 is 9.47 Å². The van der Waals surface area contributed by atoms with E-state index in [9.17, 15) is 5.11 Å². The molecule has 1 N–H and O–H groups in total. The summed E-state index contributed by atoms with van der Waals surface area (Å²) in [6.45, 7) is 0. The fourth-order valence-electron chi connectivity index (χ4n) is 1.58. The van der Waals surface area contributed by atoms with Gasteiger partial charge in [0.05, 0.1) is 19.1 Å². The monoisotopic (exact) mass is 251 g/mol. The molecule has 1 unspecified atom stereocenters. The zero-order valence-corrected chi connectivity index (χ0v) is 10.4. The van der Waals surface area contributed by atoms with Gasteiger partial charge < -0.3 is 14.6 Å². The van der Waals surface area contributed by atoms with E-state index in [0.717, 1.165) is 4.88 Å². The Morgan fingerprint density at radius 3 is 2.71 bits per heavy atom. The Labute approximate surface area is 103 Å². The van der Waals surface area contributed by atoms with E-state index < -0.39 is 6.10 Å². The number of aliphatic hydroxyl groups is 1. The first-order chi connectivity index (χ1) is 8.27. The van der Waals surface area contributed by atoms with E-state index in [-0.39, 0.29) is 0 Å². The van der Waals surface area contributed by atoms with E-state index in [1.54, 1.807) is 32.5 Å². The van der Waals surface area contributed by atoms with Gasteiger partial charge in [-0.1, -0.05) is 0 Å². The molecule has 0 aliphatic heterocycles. The predicted octanol–water partition coefficient (Wildman–Crippen LogP) is 2.24. The number of ether oxygens (including phenoxy) is 2. The second-order valence-corrected chi connectivity index (χ2v) is 4.29.